The summed E-state index contributed by atoms with van der Waals surface area (Å²) in [6, 6.07) is 9.12. The maximum absolute atomic E-state index is 14.0. The van der Waals surface area contributed by atoms with Crippen LogP contribution in [0.2, 0.25) is 10.0 Å². The smallest absolute Gasteiger partial charge is 0.146 e. The number of hydrogen-bond donors (Lipinski definition) is 1. The zero-order chi connectivity index (χ0) is 14.7. The standard InChI is InChI=1S/C15H13Cl2F2N/c1-20-14(10-3-2-4-12(17)15(10)19)8-9-5-6-11(16)13(18)7-9/h2-7,14,20H,8H2,1H3. The summed E-state index contributed by atoms with van der Waals surface area (Å²) in [5.41, 5.74) is 1.18. The number of likely N-dealkylation sites (N-methyl/N-ethyl adjacent to an activating group) is 1. The molecule has 0 aliphatic rings. The van der Waals surface area contributed by atoms with E-state index in [0.717, 1.165) is 5.56 Å². The van der Waals surface area contributed by atoms with E-state index in [2.05, 4.69) is 5.32 Å². The van der Waals surface area contributed by atoms with E-state index in [0.29, 0.717) is 12.0 Å². The van der Waals surface area contributed by atoms with Crippen molar-refractivity contribution in [3.63, 3.8) is 0 Å². The lowest BCUT2D eigenvalue weighted by Crippen LogP contribution is -2.20. The van der Waals surface area contributed by atoms with Gasteiger partial charge in [-0.1, -0.05) is 41.4 Å². The summed E-state index contributed by atoms with van der Waals surface area (Å²) in [6.07, 6.45) is 0.432. The fraction of sp³-hybridized carbons (Fsp3) is 0.200. The molecule has 0 aromatic heterocycles. The maximum Gasteiger partial charge on any atom is 0.146 e. The second-order valence-electron chi connectivity index (χ2n) is 4.44. The van der Waals surface area contributed by atoms with Crippen molar-refractivity contribution in [1.29, 1.82) is 0 Å². The summed E-state index contributed by atoms with van der Waals surface area (Å²) in [7, 11) is 1.72. The van der Waals surface area contributed by atoms with Crippen LogP contribution in [0.25, 0.3) is 0 Å². The Balaban J connectivity index is 2.28. The molecule has 2 aromatic carbocycles. The normalized spacial score (nSPS) is 12.4. The molecule has 106 valence electrons. The average molecular weight is 316 g/mol. The fourth-order valence-electron chi connectivity index (χ4n) is 2.06. The molecule has 2 rings (SSSR count). The molecule has 0 amide bonds. The van der Waals surface area contributed by atoms with Crippen molar-refractivity contribution < 1.29 is 8.78 Å². The third-order valence-corrected chi connectivity index (χ3v) is 3.73. The molecule has 1 unspecified atom stereocenters. The third-order valence-electron chi connectivity index (χ3n) is 3.13. The van der Waals surface area contributed by atoms with Crippen LogP contribution in [-0.2, 0) is 6.42 Å². The van der Waals surface area contributed by atoms with Gasteiger partial charge < -0.3 is 5.32 Å². The van der Waals surface area contributed by atoms with E-state index in [-0.39, 0.29) is 16.1 Å². The molecule has 1 nitrogen and oxygen atoms in total. The van der Waals surface area contributed by atoms with Gasteiger partial charge in [0.25, 0.3) is 0 Å². The molecular weight excluding hydrogens is 303 g/mol. The van der Waals surface area contributed by atoms with Gasteiger partial charge in [0.05, 0.1) is 10.0 Å². The van der Waals surface area contributed by atoms with E-state index in [1.165, 1.54) is 18.2 Å². The molecule has 2 aromatic rings. The lowest BCUT2D eigenvalue weighted by atomic mass is 9.98. The Hall–Kier alpha value is -1.16. The summed E-state index contributed by atoms with van der Waals surface area (Å²) >= 11 is 11.4. The lowest BCUT2D eigenvalue weighted by Gasteiger charge is -2.18. The minimum Gasteiger partial charge on any atom is -0.313 e. The second-order valence-corrected chi connectivity index (χ2v) is 5.25. The Morgan fingerprint density at radius 3 is 2.50 bits per heavy atom. The third kappa shape index (κ3) is 3.29. The van der Waals surface area contributed by atoms with Crippen molar-refractivity contribution >= 4 is 23.2 Å². The molecule has 0 saturated carbocycles. The summed E-state index contributed by atoms with van der Waals surface area (Å²) in [5.74, 6) is -0.937. The van der Waals surface area contributed by atoms with Crippen molar-refractivity contribution in [3.05, 3.63) is 69.2 Å². The van der Waals surface area contributed by atoms with Crippen molar-refractivity contribution in [2.45, 2.75) is 12.5 Å². The van der Waals surface area contributed by atoms with Gasteiger partial charge in [0.2, 0.25) is 0 Å². The zero-order valence-electron chi connectivity index (χ0n) is 10.8. The number of nitrogens with one attached hydrogen (secondary N) is 1. The summed E-state index contributed by atoms with van der Waals surface area (Å²) in [4.78, 5) is 0. The van der Waals surface area contributed by atoms with Crippen LogP contribution < -0.4 is 5.32 Å². The van der Waals surface area contributed by atoms with Gasteiger partial charge in [-0.25, -0.2) is 8.78 Å². The first-order chi connectivity index (χ1) is 9.52. The van der Waals surface area contributed by atoms with Gasteiger partial charge in [-0.05, 0) is 37.2 Å². The monoisotopic (exact) mass is 315 g/mol. The van der Waals surface area contributed by atoms with Gasteiger partial charge >= 0.3 is 0 Å². The first-order valence-electron chi connectivity index (χ1n) is 6.08. The highest BCUT2D eigenvalue weighted by Crippen LogP contribution is 2.26. The highest BCUT2D eigenvalue weighted by atomic mass is 35.5. The summed E-state index contributed by atoms with van der Waals surface area (Å²) < 4.78 is 27.4. The highest BCUT2D eigenvalue weighted by Gasteiger charge is 2.17. The van der Waals surface area contributed by atoms with Crippen LogP contribution in [-0.4, -0.2) is 7.05 Å². The van der Waals surface area contributed by atoms with Gasteiger partial charge in [-0.3, -0.25) is 0 Å². The SMILES string of the molecule is CNC(Cc1ccc(Cl)c(F)c1)c1cccc(Cl)c1F. The molecule has 0 heterocycles. The number of rotatable bonds is 4. The second kappa shape index (κ2) is 6.53. The number of halogens is 4. The molecule has 0 bridgehead atoms. The molecule has 1 N–H and O–H groups in total. The Bertz CT molecular complexity index is 617. The number of hydrogen-bond acceptors (Lipinski definition) is 1. The Labute approximate surface area is 126 Å². The molecule has 0 radical (unpaired) electrons. The van der Waals surface area contributed by atoms with Gasteiger partial charge in [0.15, 0.2) is 0 Å². The predicted octanol–water partition coefficient (Wildman–Crippen LogP) is 4.77. The molecular formula is C15H13Cl2F2N. The van der Waals surface area contributed by atoms with Crippen LogP contribution in [0.15, 0.2) is 36.4 Å². The fourth-order valence-corrected chi connectivity index (χ4v) is 2.36. The Kier molecular flexibility index (Phi) is 4.97. The topological polar surface area (TPSA) is 12.0 Å². The van der Waals surface area contributed by atoms with E-state index in [1.54, 1.807) is 25.2 Å². The molecule has 5 heteroatoms. The summed E-state index contributed by atoms with van der Waals surface area (Å²) in [6.45, 7) is 0. The molecule has 0 spiro atoms. The van der Waals surface area contributed by atoms with Crippen molar-refractivity contribution in [3.8, 4) is 0 Å². The largest absolute Gasteiger partial charge is 0.313 e. The molecule has 0 fully saturated rings. The van der Waals surface area contributed by atoms with Crippen LogP contribution in [0.3, 0.4) is 0 Å². The van der Waals surface area contributed by atoms with Gasteiger partial charge in [0, 0.05) is 11.6 Å². The molecule has 20 heavy (non-hydrogen) atoms. The molecule has 0 aliphatic heterocycles. The van der Waals surface area contributed by atoms with Crippen LogP contribution in [0, 0.1) is 11.6 Å². The van der Waals surface area contributed by atoms with Crippen LogP contribution in [0.1, 0.15) is 17.2 Å². The van der Waals surface area contributed by atoms with E-state index >= 15 is 0 Å². The van der Waals surface area contributed by atoms with Crippen LogP contribution in [0.4, 0.5) is 8.78 Å². The van der Waals surface area contributed by atoms with E-state index in [9.17, 15) is 8.78 Å². The van der Waals surface area contributed by atoms with Gasteiger partial charge in [-0.15, -0.1) is 0 Å². The average Bonchev–Trinajstić information content (AvgIpc) is 2.43. The van der Waals surface area contributed by atoms with Crippen molar-refractivity contribution in [2.75, 3.05) is 7.05 Å². The van der Waals surface area contributed by atoms with E-state index in [1.807, 2.05) is 0 Å². The van der Waals surface area contributed by atoms with Crippen LogP contribution >= 0.6 is 23.2 Å². The van der Waals surface area contributed by atoms with Crippen molar-refractivity contribution in [1.82, 2.24) is 5.32 Å². The summed E-state index contributed by atoms with van der Waals surface area (Å²) in [5, 5.41) is 3.16. The molecule has 1 atom stereocenters. The highest BCUT2D eigenvalue weighted by molar-refractivity contribution is 6.31. The zero-order valence-corrected chi connectivity index (χ0v) is 12.3. The quantitative estimate of drug-likeness (QED) is 0.856. The van der Waals surface area contributed by atoms with Crippen LogP contribution in [0.5, 0.6) is 0 Å². The Morgan fingerprint density at radius 1 is 1.10 bits per heavy atom. The minimum absolute atomic E-state index is 0.0729. The van der Waals surface area contributed by atoms with Gasteiger partial charge in [-0.2, -0.15) is 0 Å². The van der Waals surface area contributed by atoms with E-state index in [4.69, 9.17) is 23.2 Å². The maximum atomic E-state index is 14.0. The van der Waals surface area contributed by atoms with E-state index < -0.39 is 11.6 Å². The number of benzene rings is 2. The van der Waals surface area contributed by atoms with Gasteiger partial charge in [0.1, 0.15) is 11.6 Å². The lowest BCUT2D eigenvalue weighted by molar-refractivity contribution is 0.532. The minimum atomic E-state index is -0.481. The Morgan fingerprint density at radius 2 is 1.85 bits per heavy atom. The molecule has 0 saturated heterocycles. The van der Waals surface area contributed by atoms with Crippen molar-refractivity contribution in [2.24, 2.45) is 0 Å². The molecule has 0 aliphatic carbocycles. The first kappa shape index (κ1) is 15.2. The predicted molar refractivity (Wildman–Crippen MR) is 78.3 cm³/mol. The first-order valence-corrected chi connectivity index (χ1v) is 6.83.